The highest BCUT2D eigenvalue weighted by Gasteiger charge is 2.36. The molecule has 3 rings (SSSR count). The van der Waals surface area contributed by atoms with Crippen molar-refractivity contribution in [1.29, 1.82) is 0 Å². The van der Waals surface area contributed by atoms with E-state index in [4.69, 9.17) is 34.8 Å². The van der Waals surface area contributed by atoms with Crippen LogP contribution in [-0.2, 0) is 32.3 Å². The molecule has 0 heterocycles. The second-order valence-corrected chi connectivity index (χ2v) is 11.9. The van der Waals surface area contributed by atoms with Gasteiger partial charge in [0.15, 0.2) is 0 Å². The van der Waals surface area contributed by atoms with E-state index in [1.165, 1.54) is 49.4 Å². The van der Waals surface area contributed by atoms with Crippen molar-refractivity contribution in [2.75, 3.05) is 17.4 Å². The minimum absolute atomic E-state index is 0.188. The lowest BCUT2D eigenvalue weighted by Crippen LogP contribution is -2.51. The Kier molecular flexibility index (Phi) is 10.6. The topological polar surface area (TPSA) is 86.8 Å². The Labute approximate surface area is 250 Å². The van der Waals surface area contributed by atoms with Gasteiger partial charge in [-0.1, -0.05) is 59.1 Å². The smallest absolute Gasteiger partial charge is 0.355 e. The van der Waals surface area contributed by atoms with E-state index >= 15 is 0 Å². The van der Waals surface area contributed by atoms with Gasteiger partial charge in [-0.15, -0.1) is 0 Å². The Morgan fingerprint density at radius 2 is 1.61 bits per heavy atom. The molecule has 41 heavy (non-hydrogen) atoms. The van der Waals surface area contributed by atoms with Crippen molar-refractivity contribution in [3.8, 4) is 0 Å². The number of amides is 2. The number of sulfonamides is 1. The number of alkyl halides is 3. The lowest BCUT2D eigenvalue weighted by Gasteiger charge is -2.32. The molecule has 1 atom stereocenters. The Morgan fingerprint density at radius 3 is 2.20 bits per heavy atom. The summed E-state index contributed by atoms with van der Waals surface area (Å²) >= 11 is 18.5. The molecule has 0 radical (unpaired) electrons. The molecule has 3 aromatic rings. The summed E-state index contributed by atoms with van der Waals surface area (Å²) in [6.45, 7) is 2.15. The van der Waals surface area contributed by atoms with E-state index in [9.17, 15) is 31.2 Å². The summed E-state index contributed by atoms with van der Waals surface area (Å²) in [6.07, 6.45) is -4.82. The third-order valence-electron chi connectivity index (χ3n) is 6.03. The van der Waals surface area contributed by atoms with Gasteiger partial charge in [-0.05, 0) is 61.9 Å². The van der Waals surface area contributed by atoms with Crippen LogP contribution in [0.2, 0.25) is 15.1 Å². The third kappa shape index (κ3) is 7.85. The molecule has 0 spiro atoms. The van der Waals surface area contributed by atoms with E-state index in [0.717, 1.165) is 11.0 Å². The molecule has 0 saturated carbocycles. The van der Waals surface area contributed by atoms with Crippen molar-refractivity contribution in [1.82, 2.24) is 10.2 Å². The number of halogens is 6. The number of likely N-dealkylation sites (N-methyl/N-ethyl adjacent to an activating group) is 1. The Morgan fingerprint density at radius 1 is 0.951 bits per heavy atom. The number of carbonyl (C=O) groups is 2. The minimum Gasteiger partial charge on any atom is -0.355 e. The predicted molar refractivity (Wildman–Crippen MR) is 153 cm³/mol. The van der Waals surface area contributed by atoms with Gasteiger partial charge in [0.25, 0.3) is 10.0 Å². The second kappa shape index (κ2) is 13.3. The number of hydrogen-bond donors (Lipinski definition) is 1. The number of hydrogen-bond acceptors (Lipinski definition) is 4. The molecule has 220 valence electrons. The fourth-order valence-electron chi connectivity index (χ4n) is 3.85. The van der Waals surface area contributed by atoms with Gasteiger partial charge in [-0.3, -0.25) is 13.9 Å². The van der Waals surface area contributed by atoms with Crippen molar-refractivity contribution in [3.63, 3.8) is 0 Å². The molecule has 1 N–H and O–H groups in total. The molecule has 0 saturated heterocycles. The summed E-state index contributed by atoms with van der Waals surface area (Å²) in [4.78, 5) is 27.4. The van der Waals surface area contributed by atoms with Crippen LogP contribution in [0, 0.1) is 0 Å². The standard InChI is InChI=1S/C27H25Cl3F3N3O4S/c1-3-34-26(38)17(2)35(15-18-9-11-20(28)14-23(18)30)25(37)16-36(41(39,40)21-7-5-4-6-8-21)24-13-19(27(31,32)33)10-12-22(24)29/h4-14,17H,3,15-16H2,1-2H3,(H,34,38)/t17-/m0/s1. The number of rotatable bonds is 10. The van der Waals surface area contributed by atoms with E-state index < -0.39 is 51.9 Å². The molecule has 0 aliphatic rings. The van der Waals surface area contributed by atoms with Crippen LogP contribution < -0.4 is 9.62 Å². The van der Waals surface area contributed by atoms with Crippen molar-refractivity contribution >= 4 is 62.3 Å². The molecule has 0 aromatic heterocycles. The zero-order chi connectivity index (χ0) is 30.5. The maximum absolute atomic E-state index is 13.8. The van der Waals surface area contributed by atoms with Crippen LogP contribution in [0.3, 0.4) is 0 Å². The molecule has 0 bridgehead atoms. The van der Waals surface area contributed by atoms with E-state index in [-0.39, 0.29) is 28.0 Å². The van der Waals surface area contributed by atoms with E-state index in [1.807, 2.05) is 0 Å². The summed E-state index contributed by atoms with van der Waals surface area (Å²) in [6, 6.07) is 12.4. The van der Waals surface area contributed by atoms with Gasteiger partial charge < -0.3 is 10.2 Å². The monoisotopic (exact) mass is 649 g/mol. The lowest BCUT2D eigenvalue weighted by molar-refractivity contribution is -0.139. The highest BCUT2D eigenvalue weighted by Crippen LogP contribution is 2.37. The molecule has 0 unspecified atom stereocenters. The number of carbonyl (C=O) groups excluding carboxylic acids is 2. The SMILES string of the molecule is CCNC(=O)[C@H](C)N(Cc1ccc(Cl)cc1Cl)C(=O)CN(c1cc(C(F)(F)F)ccc1Cl)S(=O)(=O)c1ccccc1. The van der Waals surface area contributed by atoms with Gasteiger partial charge in [0, 0.05) is 23.1 Å². The molecular weight excluding hydrogens is 626 g/mol. The Bertz CT molecular complexity index is 1520. The van der Waals surface area contributed by atoms with Crippen LogP contribution >= 0.6 is 34.8 Å². The van der Waals surface area contributed by atoms with E-state index in [1.54, 1.807) is 13.0 Å². The first-order chi connectivity index (χ1) is 19.2. The molecule has 3 aromatic carbocycles. The zero-order valence-corrected chi connectivity index (χ0v) is 24.8. The largest absolute Gasteiger partial charge is 0.416 e. The fourth-order valence-corrected chi connectivity index (χ4v) is 6.04. The first kappa shape index (κ1) is 32.5. The first-order valence-corrected chi connectivity index (χ1v) is 14.7. The summed E-state index contributed by atoms with van der Waals surface area (Å²) in [5.41, 5.74) is -1.33. The second-order valence-electron chi connectivity index (χ2n) is 8.82. The summed E-state index contributed by atoms with van der Waals surface area (Å²) in [7, 11) is -4.62. The van der Waals surface area contributed by atoms with Gasteiger partial charge in [-0.25, -0.2) is 8.42 Å². The molecular formula is C27H25Cl3F3N3O4S. The van der Waals surface area contributed by atoms with Crippen molar-refractivity contribution < 1.29 is 31.2 Å². The molecule has 0 aliphatic heterocycles. The van der Waals surface area contributed by atoms with Crippen LogP contribution in [-0.4, -0.2) is 44.3 Å². The highest BCUT2D eigenvalue weighted by molar-refractivity contribution is 7.92. The van der Waals surface area contributed by atoms with Gasteiger partial charge in [0.1, 0.15) is 12.6 Å². The number of nitrogens with zero attached hydrogens (tertiary/aromatic N) is 2. The maximum Gasteiger partial charge on any atom is 0.416 e. The molecule has 0 fully saturated rings. The average Bonchev–Trinajstić information content (AvgIpc) is 2.91. The fraction of sp³-hybridized carbons (Fsp3) is 0.259. The summed E-state index contributed by atoms with van der Waals surface area (Å²) < 4.78 is 68.8. The van der Waals surface area contributed by atoms with Crippen molar-refractivity contribution in [2.45, 2.75) is 37.5 Å². The van der Waals surface area contributed by atoms with E-state index in [2.05, 4.69) is 5.32 Å². The van der Waals surface area contributed by atoms with Crippen LogP contribution in [0.4, 0.5) is 18.9 Å². The van der Waals surface area contributed by atoms with Crippen molar-refractivity contribution in [3.05, 3.63) is 92.9 Å². The zero-order valence-electron chi connectivity index (χ0n) is 21.8. The lowest BCUT2D eigenvalue weighted by atomic mass is 10.1. The maximum atomic E-state index is 13.8. The quantitative estimate of drug-likeness (QED) is 0.275. The van der Waals surface area contributed by atoms with Gasteiger partial charge in [0.05, 0.1) is 21.2 Å². The van der Waals surface area contributed by atoms with Crippen LogP contribution in [0.25, 0.3) is 0 Å². The first-order valence-electron chi connectivity index (χ1n) is 12.1. The number of benzene rings is 3. The minimum atomic E-state index is -4.82. The third-order valence-corrected chi connectivity index (χ3v) is 8.71. The van der Waals surface area contributed by atoms with Crippen LogP contribution in [0.15, 0.2) is 71.6 Å². The van der Waals surface area contributed by atoms with Gasteiger partial charge in [0.2, 0.25) is 11.8 Å². The van der Waals surface area contributed by atoms with Crippen LogP contribution in [0.1, 0.15) is 25.0 Å². The normalized spacial score (nSPS) is 12.5. The van der Waals surface area contributed by atoms with Gasteiger partial charge >= 0.3 is 6.18 Å². The Balaban J connectivity index is 2.14. The summed E-state index contributed by atoms with van der Waals surface area (Å²) in [5, 5.41) is 2.78. The highest BCUT2D eigenvalue weighted by atomic mass is 35.5. The Hall–Kier alpha value is -2.99. The summed E-state index contributed by atoms with van der Waals surface area (Å²) in [5.74, 6) is -1.44. The van der Waals surface area contributed by atoms with Gasteiger partial charge in [-0.2, -0.15) is 13.2 Å². The average molecular weight is 651 g/mol. The predicted octanol–water partition coefficient (Wildman–Crippen LogP) is 6.41. The molecule has 0 aliphatic carbocycles. The number of anilines is 1. The van der Waals surface area contributed by atoms with E-state index in [0.29, 0.717) is 27.0 Å². The number of nitrogens with one attached hydrogen (secondary N) is 1. The molecule has 2 amide bonds. The molecule has 7 nitrogen and oxygen atoms in total. The van der Waals surface area contributed by atoms with Crippen molar-refractivity contribution in [2.24, 2.45) is 0 Å². The molecule has 14 heteroatoms. The van der Waals surface area contributed by atoms with Crippen LogP contribution in [0.5, 0.6) is 0 Å².